The van der Waals surface area contributed by atoms with E-state index in [0.29, 0.717) is 18.6 Å². The minimum Gasteiger partial charge on any atom is -0.463 e. The van der Waals surface area contributed by atoms with Gasteiger partial charge in [0.15, 0.2) is 0 Å². The van der Waals surface area contributed by atoms with Crippen LogP contribution in [-0.4, -0.2) is 24.6 Å². The molecule has 0 amide bonds. The smallest absolute Gasteiger partial charge is 0.347 e. The van der Waals surface area contributed by atoms with Gasteiger partial charge in [-0.15, -0.1) is 0 Å². The summed E-state index contributed by atoms with van der Waals surface area (Å²) in [6.07, 6.45) is -0.346. The molecule has 3 rings (SSSR count). The van der Waals surface area contributed by atoms with Crippen LogP contribution in [0.2, 0.25) is 0 Å². The lowest BCUT2D eigenvalue weighted by atomic mass is 10.0. The molecule has 0 radical (unpaired) electrons. The van der Waals surface area contributed by atoms with Crippen molar-refractivity contribution in [3.8, 4) is 0 Å². The van der Waals surface area contributed by atoms with E-state index >= 15 is 0 Å². The molecule has 2 aromatic rings. The molecule has 4 heteroatoms. The number of carbonyl (C=O) groups is 2. The first-order chi connectivity index (χ1) is 9.25. The van der Waals surface area contributed by atoms with Crippen LogP contribution in [-0.2, 0) is 14.3 Å². The van der Waals surface area contributed by atoms with Gasteiger partial charge in [-0.2, -0.15) is 0 Å². The van der Waals surface area contributed by atoms with Crippen LogP contribution in [0.5, 0.6) is 0 Å². The Labute approximate surface area is 109 Å². The molecular formula is C15H12O4. The van der Waals surface area contributed by atoms with Crippen molar-refractivity contribution in [1.82, 2.24) is 0 Å². The Bertz CT molecular complexity index is 642. The molecule has 0 aliphatic carbocycles. The molecule has 0 spiro atoms. The topological polar surface area (TPSA) is 52.6 Å². The molecule has 1 aliphatic heterocycles. The van der Waals surface area contributed by atoms with Crippen molar-refractivity contribution in [2.45, 2.75) is 12.5 Å². The summed E-state index contributed by atoms with van der Waals surface area (Å²) < 4.78 is 9.98. The number of fused-ring (bicyclic) bond motifs is 1. The Morgan fingerprint density at radius 1 is 1.16 bits per heavy atom. The van der Waals surface area contributed by atoms with Crippen LogP contribution in [0.1, 0.15) is 16.8 Å². The molecule has 96 valence electrons. The lowest BCUT2D eigenvalue weighted by molar-refractivity contribution is -0.145. The fourth-order valence-corrected chi connectivity index (χ4v) is 2.18. The van der Waals surface area contributed by atoms with Crippen LogP contribution < -0.4 is 0 Å². The van der Waals surface area contributed by atoms with E-state index in [0.717, 1.165) is 10.8 Å². The number of hydrogen-bond acceptors (Lipinski definition) is 4. The highest BCUT2D eigenvalue weighted by atomic mass is 16.6. The maximum Gasteiger partial charge on any atom is 0.347 e. The van der Waals surface area contributed by atoms with Gasteiger partial charge < -0.3 is 9.47 Å². The maximum absolute atomic E-state index is 12.1. The van der Waals surface area contributed by atoms with Crippen LogP contribution in [0.25, 0.3) is 10.8 Å². The van der Waals surface area contributed by atoms with Crippen molar-refractivity contribution in [1.29, 1.82) is 0 Å². The Hall–Kier alpha value is -2.36. The molecule has 1 fully saturated rings. The number of benzene rings is 2. The van der Waals surface area contributed by atoms with Crippen molar-refractivity contribution in [2.24, 2.45) is 0 Å². The predicted octanol–water partition coefficient (Wildman–Crippen LogP) is 2.31. The average molecular weight is 256 g/mol. The Balaban J connectivity index is 1.91. The number of rotatable bonds is 2. The Kier molecular flexibility index (Phi) is 2.91. The molecule has 4 nitrogen and oxygen atoms in total. The monoisotopic (exact) mass is 256 g/mol. The number of esters is 2. The van der Waals surface area contributed by atoms with Crippen LogP contribution in [0.15, 0.2) is 42.5 Å². The third-order valence-corrected chi connectivity index (χ3v) is 3.15. The van der Waals surface area contributed by atoms with Crippen molar-refractivity contribution in [2.75, 3.05) is 6.61 Å². The summed E-state index contributed by atoms with van der Waals surface area (Å²) in [5, 5.41) is 1.78. The van der Waals surface area contributed by atoms with Crippen LogP contribution >= 0.6 is 0 Å². The first-order valence-corrected chi connectivity index (χ1v) is 6.11. The van der Waals surface area contributed by atoms with E-state index in [-0.39, 0.29) is 0 Å². The van der Waals surface area contributed by atoms with Gasteiger partial charge in [-0.3, -0.25) is 0 Å². The third kappa shape index (κ3) is 2.17. The SMILES string of the molecule is O=C(O[C@H]1CCOC1=O)c1cccc2ccccc12. The number of carbonyl (C=O) groups excluding carboxylic acids is 2. The molecule has 1 heterocycles. The van der Waals surface area contributed by atoms with Crippen molar-refractivity contribution >= 4 is 22.7 Å². The van der Waals surface area contributed by atoms with E-state index in [9.17, 15) is 9.59 Å². The maximum atomic E-state index is 12.1. The first kappa shape index (κ1) is 11.7. The summed E-state index contributed by atoms with van der Waals surface area (Å²) in [5.41, 5.74) is 0.470. The van der Waals surface area contributed by atoms with E-state index in [1.165, 1.54) is 0 Å². The Morgan fingerprint density at radius 3 is 2.74 bits per heavy atom. The second kappa shape index (κ2) is 4.72. The highest BCUT2D eigenvalue weighted by molar-refractivity contribution is 6.05. The van der Waals surface area contributed by atoms with E-state index < -0.39 is 18.0 Å². The number of cyclic esters (lactones) is 1. The average Bonchev–Trinajstić information content (AvgIpc) is 2.83. The highest BCUT2D eigenvalue weighted by Crippen LogP contribution is 2.21. The van der Waals surface area contributed by atoms with Crippen LogP contribution in [0.4, 0.5) is 0 Å². The first-order valence-electron chi connectivity index (χ1n) is 6.11. The summed E-state index contributed by atoms with van der Waals surface area (Å²) in [6, 6.07) is 13.0. The van der Waals surface area contributed by atoms with Gasteiger partial charge in [-0.1, -0.05) is 36.4 Å². The molecule has 0 aromatic heterocycles. The fraction of sp³-hybridized carbons (Fsp3) is 0.200. The standard InChI is InChI=1S/C15H12O4/c16-14(19-13-8-9-18-15(13)17)12-7-3-5-10-4-1-2-6-11(10)12/h1-7,13H,8-9H2/t13-/m0/s1. The van der Waals surface area contributed by atoms with E-state index in [1.54, 1.807) is 12.1 Å². The molecular weight excluding hydrogens is 244 g/mol. The largest absolute Gasteiger partial charge is 0.463 e. The van der Waals surface area contributed by atoms with Gasteiger partial charge in [0.05, 0.1) is 12.2 Å². The minimum atomic E-state index is -0.772. The van der Waals surface area contributed by atoms with Gasteiger partial charge in [-0.25, -0.2) is 9.59 Å². The van der Waals surface area contributed by atoms with Crippen molar-refractivity contribution in [3.05, 3.63) is 48.0 Å². The van der Waals surface area contributed by atoms with Gasteiger partial charge in [-0.05, 0) is 16.8 Å². The summed E-state index contributed by atoms with van der Waals surface area (Å²) >= 11 is 0. The quantitative estimate of drug-likeness (QED) is 0.774. The van der Waals surface area contributed by atoms with Crippen molar-refractivity contribution in [3.63, 3.8) is 0 Å². The lowest BCUT2D eigenvalue weighted by Crippen LogP contribution is -2.22. The molecule has 0 unspecified atom stereocenters. The lowest BCUT2D eigenvalue weighted by Gasteiger charge is -2.10. The summed E-state index contributed by atoms with van der Waals surface area (Å²) in [7, 11) is 0. The minimum absolute atomic E-state index is 0.312. The molecule has 2 aromatic carbocycles. The molecule has 1 aliphatic rings. The normalized spacial score (nSPS) is 18.3. The van der Waals surface area contributed by atoms with Gasteiger partial charge in [0.25, 0.3) is 0 Å². The molecule has 1 saturated heterocycles. The van der Waals surface area contributed by atoms with Crippen molar-refractivity contribution < 1.29 is 19.1 Å². The second-order valence-corrected chi connectivity index (χ2v) is 4.38. The predicted molar refractivity (Wildman–Crippen MR) is 68.7 cm³/mol. The van der Waals surface area contributed by atoms with Crippen LogP contribution in [0.3, 0.4) is 0 Å². The zero-order valence-electron chi connectivity index (χ0n) is 10.2. The highest BCUT2D eigenvalue weighted by Gasteiger charge is 2.30. The second-order valence-electron chi connectivity index (χ2n) is 4.38. The summed E-state index contributed by atoms with van der Waals surface area (Å²) in [5.74, 6) is -0.950. The fourth-order valence-electron chi connectivity index (χ4n) is 2.18. The third-order valence-electron chi connectivity index (χ3n) is 3.15. The zero-order chi connectivity index (χ0) is 13.2. The molecule has 19 heavy (non-hydrogen) atoms. The van der Waals surface area contributed by atoms with Gasteiger partial charge in [0.1, 0.15) is 0 Å². The number of hydrogen-bond donors (Lipinski definition) is 0. The molecule has 0 N–H and O–H groups in total. The van der Waals surface area contributed by atoms with Gasteiger partial charge in [0, 0.05) is 6.42 Å². The van der Waals surface area contributed by atoms with Gasteiger partial charge >= 0.3 is 11.9 Å². The summed E-state index contributed by atoms with van der Waals surface area (Å²) in [4.78, 5) is 23.4. The van der Waals surface area contributed by atoms with Gasteiger partial charge in [0.2, 0.25) is 6.10 Å². The van der Waals surface area contributed by atoms with Crippen LogP contribution in [0, 0.1) is 0 Å². The van der Waals surface area contributed by atoms with E-state index in [2.05, 4.69) is 0 Å². The summed E-state index contributed by atoms with van der Waals surface area (Å²) in [6.45, 7) is 0.312. The molecule has 1 atom stereocenters. The van der Waals surface area contributed by atoms with E-state index in [4.69, 9.17) is 9.47 Å². The number of ether oxygens (including phenoxy) is 2. The molecule has 0 bridgehead atoms. The zero-order valence-corrected chi connectivity index (χ0v) is 10.2. The Morgan fingerprint density at radius 2 is 1.95 bits per heavy atom. The molecule has 0 saturated carbocycles. The van der Waals surface area contributed by atoms with E-state index in [1.807, 2.05) is 30.3 Å².